The van der Waals surface area contributed by atoms with Gasteiger partial charge in [-0.05, 0) is 37.5 Å². The number of rotatable bonds is 5. The summed E-state index contributed by atoms with van der Waals surface area (Å²) in [7, 11) is 0. The van der Waals surface area contributed by atoms with Crippen LogP contribution >= 0.6 is 11.8 Å². The first-order chi connectivity index (χ1) is 10.6. The fraction of sp³-hybridized carbons (Fsp3) is 0.467. The molecular formula is C15H18F2N4S. The number of halogens is 2. The summed E-state index contributed by atoms with van der Waals surface area (Å²) < 4.78 is 26.7. The Balaban J connectivity index is 1.61. The fourth-order valence-electron chi connectivity index (χ4n) is 2.74. The van der Waals surface area contributed by atoms with Gasteiger partial charge in [0.1, 0.15) is 11.6 Å². The number of alkyl halides is 2. The van der Waals surface area contributed by atoms with Gasteiger partial charge >= 0.3 is 0 Å². The van der Waals surface area contributed by atoms with Crippen molar-refractivity contribution < 1.29 is 8.78 Å². The Labute approximate surface area is 132 Å². The molecule has 1 N–H and O–H groups in total. The van der Waals surface area contributed by atoms with Gasteiger partial charge < -0.3 is 9.88 Å². The highest BCUT2D eigenvalue weighted by Gasteiger charge is 2.23. The normalized spacial score (nSPS) is 17.7. The molecule has 0 fully saturated rings. The van der Waals surface area contributed by atoms with Gasteiger partial charge in [0, 0.05) is 18.0 Å². The van der Waals surface area contributed by atoms with Gasteiger partial charge in [-0.25, -0.2) is 0 Å². The Morgan fingerprint density at radius 3 is 2.82 bits per heavy atom. The Morgan fingerprint density at radius 2 is 2.09 bits per heavy atom. The second-order valence-electron chi connectivity index (χ2n) is 5.36. The third kappa shape index (κ3) is 3.47. The molecule has 0 aliphatic carbocycles. The lowest BCUT2D eigenvalue weighted by Crippen LogP contribution is -2.28. The third-order valence-corrected chi connectivity index (χ3v) is 4.57. The topological polar surface area (TPSA) is 42.7 Å². The van der Waals surface area contributed by atoms with Crippen LogP contribution in [0.4, 0.5) is 8.78 Å². The van der Waals surface area contributed by atoms with Crippen molar-refractivity contribution in [3.05, 3.63) is 41.5 Å². The Kier molecular flexibility index (Phi) is 4.73. The van der Waals surface area contributed by atoms with Crippen LogP contribution < -0.4 is 5.32 Å². The lowest BCUT2D eigenvalue weighted by atomic mass is 10.1. The number of hydrogen-bond acceptors (Lipinski definition) is 4. The van der Waals surface area contributed by atoms with Crippen LogP contribution in [0.2, 0.25) is 0 Å². The smallest absolute Gasteiger partial charge is 0.288 e. The van der Waals surface area contributed by atoms with Crippen LogP contribution in [0.15, 0.2) is 29.2 Å². The minimum Gasteiger partial charge on any atom is -0.314 e. The summed E-state index contributed by atoms with van der Waals surface area (Å²) in [4.78, 5) is 0.590. The van der Waals surface area contributed by atoms with Crippen LogP contribution in [-0.2, 0) is 13.1 Å². The van der Waals surface area contributed by atoms with Crippen LogP contribution in [-0.4, -0.2) is 20.5 Å². The molecule has 0 spiro atoms. The number of aryl methyl sites for hydroxylation is 1. The molecule has 1 unspecified atom stereocenters. The maximum atomic E-state index is 12.3. The first kappa shape index (κ1) is 15.4. The predicted molar refractivity (Wildman–Crippen MR) is 81.9 cm³/mol. The Bertz CT molecular complexity index is 627. The average Bonchev–Trinajstić information content (AvgIpc) is 2.88. The van der Waals surface area contributed by atoms with E-state index in [1.165, 1.54) is 0 Å². The van der Waals surface area contributed by atoms with E-state index in [0.717, 1.165) is 36.6 Å². The van der Waals surface area contributed by atoms with E-state index in [0.29, 0.717) is 23.2 Å². The van der Waals surface area contributed by atoms with E-state index in [9.17, 15) is 8.78 Å². The van der Waals surface area contributed by atoms with Crippen molar-refractivity contribution in [3.8, 4) is 0 Å². The van der Waals surface area contributed by atoms with Gasteiger partial charge in [0.2, 0.25) is 0 Å². The minimum absolute atomic E-state index is 0.199. The van der Waals surface area contributed by atoms with Gasteiger partial charge in [0.25, 0.3) is 5.76 Å². The van der Waals surface area contributed by atoms with E-state index in [2.05, 4.69) is 20.1 Å². The molecule has 1 aliphatic heterocycles. The van der Waals surface area contributed by atoms with E-state index in [-0.39, 0.29) is 6.04 Å². The van der Waals surface area contributed by atoms with Crippen molar-refractivity contribution in [2.45, 2.75) is 49.5 Å². The lowest BCUT2D eigenvalue weighted by molar-refractivity contribution is 0.252. The van der Waals surface area contributed by atoms with Crippen molar-refractivity contribution in [1.82, 2.24) is 20.1 Å². The first-order valence-corrected chi connectivity index (χ1v) is 8.18. The van der Waals surface area contributed by atoms with Crippen LogP contribution in [0.5, 0.6) is 0 Å². The highest BCUT2D eigenvalue weighted by molar-refractivity contribution is 7.99. The standard InChI is InChI=1S/C15H18F2N4S/c1-10-19-20-14-13(3-2-8-21(10)14)18-9-11-4-6-12(7-5-11)22-15(16)17/h4-7,13,15,18H,2-3,8-9H2,1H3. The number of thioether (sulfide) groups is 1. The van der Waals surface area contributed by atoms with Crippen molar-refractivity contribution in [3.63, 3.8) is 0 Å². The minimum atomic E-state index is -2.37. The first-order valence-electron chi connectivity index (χ1n) is 7.30. The lowest BCUT2D eigenvalue weighted by Gasteiger charge is -2.24. The molecule has 4 nitrogen and oxygen atoms in total. The number of aromatic nitrogens is 3. The summed E-state index contributed by atoms with van der Waals surface area (Å²) in [6.07, 6.45) is 2.14. The molecular weight excluding hydrogens is 306 g/mol. The zero-order valence-corrected chi connectivity index (χ0v) is 13.1. The molecule has 2 aromatic rings. The van der Waals surface area contributed by atoms with Gasteiger partial charge in [0.15, 0.2) is 0 Å². The molecule has 7 heteroatoms. The number of fused-ring (bicyclic) bond motifs is 1. The molecule has 0 saturated carbocycles. The second-order valence-corrected chi connectivity index (χ2v) is 6.42. The van der Waals surface area contributed by atoms with Crippen LogP contribution in [0.1, 0.15) is 36.1 Å². The highest BCUT2D eigenvalue weighted by atomic mass is 32.2. The molecule has 0 saturated heterocycles. The molecule has 118 valence electrons. The second kappa shape index (κ2) is 6.75. The van der Waals surface area contributed by atoms with E-state index in [4.69, 9.17) is 0 Å². The molecule has 2 heterocycles. The zero-order chi connectivity index (χ0) is 15.5. The molecule has 0 amide bonds. The SMILES string of the molecule is Cc1nnc2n1CCCC2NCc1ccc(SC(F)F)cc1. The average molecular weight is 324 g/mol. The van der Waals surface area contributed by atoms with Gasteiger partial charge in [-0.15, -0.1) is 10.2 Å². The number of nitrogens with zero attached hydrogens (tertiary/aromatic N) is 3. The molecule has 0 bridgehead atoms. The molecule has 1 aromatic carbocycles. The van der Waals surface area contributed by atoms with E-state index >= 15 is 0 Å². The third-order valence-electron chi connectivity index (χ3n) is 3.85. The van der Waals surface area contributed by atoms with Crippen LogP contribution in [0.3, 0.4) is 0 Å². The number of benzene rings is 1. The van der Waals surface area contributed by atoms with Crippen molar-refractivity contribution in [2.24, 2.45) is 0 Å². The summed E-state index contributed by atoms with van der Waals surface area (Å²) >= 11 is 0.571. The number of hydrogen-bond donors (Lipinski definition) is 1. The Morgan fingerprint density at radius 1 is 1.32 bits per heavy atom. The van der Waals surface area contributed by atoms with Gasteiger partial charge in [-0.2, -0.15) is 8.78 Å². The molecule has 1 atom stereocenters. The maximum Gasteiger partial charge on any atom is 0.288 e. The maximum absolute atomic E-state index is 12.3. The molecule has 1 aliphatic rings. The summed E-state index contributed by atoms with van der Waals surface area (Å²) in [6.45, 7) is 3.64. The molecule has 3 rings (SSSR count). The fourth-order valence-corrected chi connectivity index (χ4v) is 3.24. The van der Waals surface area contributed by atoms with E-state index in [1.807, 2.05) is 19.1 Å². The monoisotopic (exact) mass is 324 g/mol. The zero-order valence-electron chi connectivity index (χ0n) is 12.3. The Hall–Kier alpha value is -1.47. The molecule has 22 heavy (non-hydrogen) atoms. The summed E-state index contributed by atoms with van der Waals surface area (Å²) in [5.74, 6) is -0.427. The highest BCUT2D eigenvalue weighted by Crippen LogP contribution is 2.26. The van der Waals surface area contributed by atoms with Gasteiger partial charge in [0.05, 0.1) is 6.04 Å². The predicted octanol–water partition coefficient (Wildman–Crippen LogP) is 3.53. The van der Waals surface area contributed by atoms with Gasteiger partial charge in [-0.3, -0.25) is 0 Å². The van der Waals surface area contributed by atoms with E-state index < -0.39 is 5.76 Å². The summed E-state index contributed by atoms with van der Waals surface area (Å²) in [5.41, 5.74) is 1.08. The van der Waals surface area contributed by atoms with E-state index in [1.54, 1.807) is 12.1 Å². The van der Waals surface area contributed by atoms with Crippen molar-refractivity contribution in [2.75, 3.05) is 0 Å². The van der Waals surface area contributed by atoms with Crippen LogP contribution in [0.25, 0.3) is 0 Å². The summed E-state index contributed by atoms with van der Waals surface area (Å²) in [6, 6.07) is 7.44. The van der Waals surface area contributed by atoms with Crippen molar-refractivity contribution >= 4 is 11.8 Å². The largest absolute Gasteiger partial charge is 0.314 e. The van der Waals surface area contributed by atoms with Gasteiger partial charge in [-0.1, -0.05) is 23.9 Å². The number of nitrogens with one attached hydrogen (secondary N) is 1. The van der Waals surface area contributed by atoms with Crippen molar-refractivity contribution in [1.29, 1.82) is 0 Å². The quantitative estimate of drug-likeness (QED) is 0.855. The summed E-state index contributed by atoms with van der Waals surface area (Å²) in [5, 5.41) is 11.9. The molecule has 0 radical (unpaired) electrons. The van der Waals surface area contributed by atoms with Crippen LogP contribution in [0, 0.1) is 6.92 Å². The molecule has 1 aromatic heterocycles.